The topological polar surface area (TPSA) is 41.1 Å². The van der Waals surface area contributed by atoms with Gasteiger partial charge >= 0.3 is 0 Å². The van der Waals surface area contributed by atoms with Crippen molar-refractivity contribution < 1.29 is 4.79 Å². The average molecular weight is 152 g/mol. The van der Waals surface area contributed by atoms with E-state index in [2.05, 4.69) is 22.5 Å². The van der Waals surface area contributed by atoms with Gasteiger partial charge < -0.3 is 10.6 Å². The normalized spacial score (nSPS) is 15.0. The van der Waals surface area contributed by atoms with E-state index in [4.69, 9.17) is 0 Å². The Labute approximate surface area is 66.5 Å². The van der Waals surface area contributed by atoms with Crippen LogP contribution >= 0.6 is 0 Å². The number of hydrogen-bond acceptors (Lipinski definition) is 2. The number of amides is 1. The monoisotopic (exact) mass is 152 g/mol. The Balaban J connectivity index is 2.14. The first kappa shape index (κ1) is 8.09. The molecule has 3 nitrogen and oxygen atoms in total. The highest BCUT2D eigenvalue weighted by molar-refractivity contribution is 5.93. The van der Waals surface area contributed by atoms with Crippen LogP contribution in [0.4, 0.5) is 0 Å². The highest BCUT2D eigenvalue weighted by Crippen LogP contribution is 2.17. The van der Waals surface area contributed by atoms with Gasteiger partial charge in [-0.3, -0.25) is 4.79 Å². The van der Waals surface area contributed by atoms with Crippen LogP contribution in [0.15, 0.2) is 0 Å². The number of nitrogens with one attached hydrogen (secondary N) is 2. The first-order chi connectivity index (χ1) is 5.33. The number of hydrogen-bond donors (Lipinski definition) is 2. The molecule has 60 valence electrons. The molecule has 0 heterocycles. The van der Waals surface area contributed by atoms with Crippen molar-refractivity contribution in [3.63, 3.8) is 0 Å². The smallest absolute Gasteiger partial charge is 0.296 e. The molecule has 1 saturated carbocycles. The standard InChI is InChI=1S/C8H12N2O/c1-9-6-2-3-8(11)10-7-4-5-7/h7,9H,4-6H2,1H3,(H,10,11). The molecule has 0 unspecified atom stereocenters. The molecular formula is C8H12N2O. The summed E-state index contributed by atoms with van der Waals surface area (Å²) in [6.07, 6.45) is 2.22. The predicted molar refractivity (Wildman–Crippen MR) is 42.9 cm³/mol. The zero-order valence-corrected chi connectivity index (χ0v) is 6.61. The molecule has 0 radical (unpaired) electrons. The van der Waals surface area contributed by atoms with Crippen LogP contribution in [0.1, 0.15) is 12.8 Å². The van der Waals surface area contributed by atoms with Crippen molar-refractivity contribution in [3.05, 3.63) is 0 Å². The van der Waals surface area contributed by atoms with E-state index in [0.717, 1.165) is 12.8 Å². The molecular weight excluding hydrogens is 140 g/mol. The molecule has 0 aromatic carbocycles. The largest absolute Gasteiger partial charge is 0.343 e. The molecule has 1 aliphatic rings. The van der Waals surface area contributed by atoms with Gasteiger partial charge in [0, 0.05) is 6.04 Å². The molecule has 2 N–H and O–H groups in total. The second kappa shape index (κ2) is 3.99. The molecule has 3 heteroatoms. The van der Waals surface area contributed by atoms with Gasteiger partial charge in [-0.2, -0.15) is 0 Å². The Kier molecular flexibility index (Phi) is 2.94. The van der Waals surface area contributed by atoms with Crippen LogP contribution in [0.5, 0.6) is 0 Å². The van der Waals surface area contributed by atoms with Crippen LogP contribution in [-0.4, -0.2) is 25.5 Å². The molecule has 0 atom stereocenters. The first-order valence-corrected chi connectivity index (χ1v) is 3.77. The Morgan fingerprint density at radius 3 is 2.91 bits per heavy atom. The van der Waals surface area contributed by atoms with Gasteiger partial charge in [0.05, 0.1) is 6.54 Å². The molecule has 1 fully saturated rings. The van der Waals surface area contributed by atoms with Gasteiger partial charge in [0.25, 0.3) is 5.91 Å². The summed E-state index contributed by atoms with van der Waals surface area (Å²) in [5, 5.41) is 5.61. The Morgan fingerprint density at radius 1 is 1.64 bits per heavy atom. The van der Waals surface area contributed by atoms with E-state index < -0.39 is 0 Å². The summed E-state index contributed by atoms with van der Waals surface area (Å²) in [5.74, 6) is 5.04. The van der Waals surface area contributed by atoms with Crippen LogP contribution in [-0.2, 0) is 4.79 Å². The van der Waals surface area contributed by atoms with E-state index in [1.54, 1.807) is 7.05 Å². The fourth-order valence-corrected chi connectivity index (χ4v) is 0.662. The average Bonchev–Trinajstić information content (AvgIpc) is 2.72. The fourth-order valence-electron chi connectivity index (χ4n) is 0.662. The summed E-state index contributed by atoms with van der Waals surface area (Å²) < 4.78 is 0. The van der Waals surface area contributed by atoms with E-state index in [9.17, 15) is 4.79 Å². The van der Waals surface area contributed by atoms with E-state index in [1.165, 1.54) is 0 Å². The van der Waals surface area contributed by atoms with Crippen LogP contribution < -0.4 is 10.6 Å². The number of carbonyl (C=O) groups is 1. The van der Waals surface area contributed by atoms with Crippen LogP contribution in [0.25, 0.3) is 0 Å². The minimum absolute atomic E-state index is 0.150. The lowest BCUT2D eigenvalue weighted by Crippen LogP contribution is -2.23. The second-order valence-corrected chi connectivity index (χ2v) is 2.58. The molecule has 11 heavy (non-hydrogen) atoms. The molecule has 0 bridgehead atoms. The Hall–Kier alpha value is -1.01. The van der Waals surface area contributed by atoms with Crippen molar-refractivity contribution in [1.29, 1.82) is 0 Å². The Bertz CT molecular complexity index is 198. The van der Waals surface area contributed by atoms with Gasteiger partial charge in [-0.25, -0.2) is 0 Å². The van der Waals surface area contributed by atoms with E-state index in [0.29, 0.717) is 12.6 Å². The van der Waals surface area contributed by atoms with E-state index in [-0.39, 0.29) is 5.91 Å². The summed E-state index contributed by atoms with van der Waals surface area (Å²) in [6, 6.07) is 0.409. The lowest BCUT2D eigenvalue weighted by Gasteiger charge is -1.92. The van der Waals surface area contributed by atoms with Gasteiger partial charge in [0.15, 0.2) is 0 Å². The third-order valence-corrected chi connectivity index (χ3v) is 1.38. The summed E-state index contributed by atoms with van der Waals surface area (Å²) in [4.78, 5) is 10.9. The number of rotatable bonds is 2. The molecule has 0 saturated heterocycles. The molecule has 1 rings (SSSR count). The molecule has 0 spiro atoms. The number of carbonyl (C=O) groups excluding carboxylic acids is 1. The third kappa shape index (κ3) is 3.64. The van der Waals surface area contributed by atoms with E-state index in [1.807, 2.05) is 0 Å². The maximum absolute atomic E-state index is 10.9. The maximum Gasteiger partial charge on any atom is 0.296 e. The quantitative estimate of drug-likeness (QED) is 0.523. The first-order valence-electron chi connectivity index (χ1n) is 3.77. The zero-order valence-electron chi connectivity index (χ0n) is 6.61. The van der Waals surface area contributed by atoms with Crippen molar-refractivity contribution >= 4 is 5.91 Å². The van der Waals surface area contributed by atoms with Gasteiger partial charge in [0.2, 0.25) is 0 Å². The predicted octanol–water partition coefficient (Wildman–Crippen LogP) is -0.512. The van der Waals surface area contributed by atoms with Crippen molar-refractivity contribution in [3.8, 4) is 11.8 Å². The van der Waals surface area contributed by atoms with Crippen molar-refractivity contribution in [2.75, 3.05) is 13.6 Å². The lowest BCUT2D eigenvalue weighted by molar-refractivity contribution is -0.115. The van der Waals surface area contributed by atoms with Crippen LogP contribution in [0, 0.1) is 11.8 Å². The Morgan fingerprint density at radius 2 is 2.36 bits per heavy atom. The van der Waals surface area contributed by atoms with Gasteiger partial charge in [-0.1, -0.05) is 5.92 Å². The van der Waals surface area contributed by atoms with Crippen LogP contribution in [0.2, 0.25) is 0 Å². The summed E-state index contributed by atoms with van der Waals surface area (Å²) in [6.45, 7) is 0.568. The van der Waals surface area contributed by atoms with Gasteiger partial charge in [0.1, 0.15) is 0 Å². The molecule has 1 amide bonds. The molecule has 0 aromatic heterocycles. The van der Waals surface area contributed by atoms with Crippen LogP contribution in [0.3, 0.4) is 0 Å². The highest BCUT2D eigenvalue weighted by Gasteiger charge is 2.22. The third-order valence-electron chi connectivity index (χ3n) is 1.38. The minimum Gasteiger partial charge on any atom is -0.343 e. The van der Waals surface area contributed by atoms with Gasteiger partial charge in [-0.15, -0.1) is 0 Å². The molecule has 1 aliphatic carbocycles. The molecule has 0 aliphatic heterocycles. The minimum atomic E-state index is -0.150. The van der Waals surface area contributed by atoms with Crippen molar-refractivity contribution in [2.45, 2.75) is 18.9 Å². The van der Waals surface area contributed by atoms with Crippen molar-refractivity contribution in [2.24, 2.45) is 0 Å². The highest BCUT2D eigenvalue weighted by atomic mass is 16.1. The summed E-state index contributed by atoms with van der Waals surface area (Å²) >= 11 is 0. The maximum atomic E-state index is 10.9. The molecule has 0 aromatic rings. The summed E-state index contributed by atoms with van der Waals surface area (Å²) in [5.41, 5.74) is 0. The lowest BCUT2D eigenvalue weighted by atomic mass is 10.5. The summed E-state index contributed by atoms with van der Waals surface area (Å²) in [7, 11) is 1.80. The second-order valence-electron chi connectivity index (χ2n) is 2.58. The fraction of sp³-hybridized carbons (Fsp3) is 0.625. The van der Waals surface area contributed by atoms with Gasteiger partial charge in [-0.05, 0) is 25.8 Å². The van der Waals surface area contributed by atoms with Crippen molar-refractivity contribution in [1.82, 2.24) is 10.6 Å². The van der Waals surface area contributed by atoms with E-state index >= 15 is 0 Å². The zero-order chi connectivity index (χ0) is 8.10. The SMILES string of the molecule is CNCC#CC(=O)NC1CC1.